The summed E-state index contributed by atoms with van der Waals surface area (Å²) in [4.78, 5) is 22.0. The van der Waals surface area contributed by atoms with E-state index in [-0.39, 0.29) is 5.56 Å². The lowest BCUT2D eigenvalue weighted by Crippen LogP contribution is -2.11. The van der Waals surface area contributed by atoms with E-state index in [2.05, 4.69) is 4.74 Å². The maximum atomic E-state index is 13.0. The molecule has 0 fully saturated rings. The zero-order valence-electron chi connectivity index (χ0n) is 7.92. The fourth-order valence-electron chi connectivity index (χ4n) is 1.01. The lowest BCUT2D eigenvalue weighted by molar-refractivity contribution is -0.139. The van der Waals surface area contributed by atoms with Gasteiger partial charge < -0.3 is 4.74 Å². The van der Waals surface area contributed by atoms with Crippen molar-refractivity contribution in [2.45, 2.75) is 6.42 Å². The molecule has 0 aliphatic carbocycles. The molecule has 0 aromatic heterocycles. The van der Waals surface area contributed by atoms with Crippen LogP contribution >= 0.6 is 0 Å². The molecule has 0 bridgehead atoms. The Morgan fingerprint density at radius 1 is 1.33 bits per heavy atom. The van der Waals surface area contributed by atoms with E-state index in [1.165, 1.54) is 0 Å². The molecule has 0 radical (unpaired) electrons. The first kappa shape index (κ1) is 11.3. The maximum Gasteiger partial charge on any atom is 0.313 e. The van der Waals surface area contributed by atoms with Crippen LogP contribution in [0.25, 0.3) is 0 Å². The Bertz CT molecular complexity index is 402. The highest BCUT2D eigenvalue weighted by Gasteiger charge is 2.16. The second kappa shape index (κ2) is 4.63. The largest absolute Gasteiger partial charge is 0.469 e. The van der Waals surface area contributed by atoms with Crippen LogP contribution in [0.5, 0.6) is 0 Å². The third-order valence-electron chi connectivity index (χ3n) is 1.76. The predicted molar refractivity (Wildman–Crippen MR) is 47.3 cm³/mol. The fraction of sp³-hybridized carbons (Fsp3) is 0.200. The van der Waals surface area contributed by atoms with Crippen molar-refractivity contribution in [1.82, 2.24) is 0 Å². The molecule has 0 unspecified atom stereocenters. The second-order valence-corrected chi connectivity index (χ2v) is 2.80. The minimum absolute atomic E-state index is 0.318. The molecular formula is C10H8F2O3. The van der Waals surface area contributed by atoms with Gasteiger partial charge in [0.15, 0.2) is 5.78 Å². The molecule has 0 aliphatic rings. The number of carbonyl (C=O) groups excluding carboxylic acids is 2. The van der Waals surface area contributed by atoms with Crippen molar-refractivity contribution < 1.29 is 23.1 Å². The van der Waals surface area contributed by atoms with Crippen LogP contribution in [0.15, 0.2) is 18.2 Å². The molecule has 5 heteroatoms. The lowest BCUT2D eigenvalue weighted by Gasteiger charge is -2.01. The number of hydrogen-bond donors (Lipinski definition) is 0. The van der Waals surface area contributed by atoms with Crippen LogP contribution in [0.3, 0.4) is 0 Å². The third-order valence-corrected chi connectivity index (χ3v) is 1.76. The number of esters is 1. The number of benzene rings is 1. The number of methoxy groups -OCH3 is 1. The highest BCUT2D eigenvalue weighted by atomic mass is 19.1. The van der Waals surface area contributed by atoms with Gasteiger partial charge in [0.25, 0.3) is 0 Å². The Balaban J connectivity index is 2.87. The van der Waals surface area contributed by atoms with E-state index >= 15 is 0 Å². The van der Waals surface area contributed by atoms with E-state index in [4.69, 9.17) is 0 Å². The van der Waals surface area contributed by atoms with Crippen LogP contribution in [-0.2, 0) is 9.53 Å². The zero-order chi connectivity index (χ0) is 11.4. The summed E-state index contributed by atoms with van der Waals surface area (Å²) >= 11 is 0. The molecule has 3 nitrogen and oxygen atoms in total. The number of ketones is 1. The molecule has 0 atom stereocenters. The molecule has 0 aliphatic heterocycles. The Kier molecular flexibility index (Phi) is 3.49. The van der Waals surface area contributed by atoms with Crippen molar-refractivity contribution in [3.8, 4) is 0 Å². The standard InChI is InChI=1S/C10H8F2O3/c1-15-10(14)5-9(13)7-3-2-6(11)4-8(7)12/h2-4H,5H2,1H3. The van der Waals surface area contributed by atoms with Crippen LogP contribution in [0.4, 0.5) is 8.78 Å². The topological polar surface area (TPSA) is 43.4 Å². The Labute approximate surface area is 84.7 Å². The minimum atomic E-state index is -0.982. The Morgan fingerprint density at radius 3 is 2.53 bits per heavy atom. The molecule has 1 aromatic rings. The van der Waals surface area contributed by atoms with Crippen LogP contribution in [0.1, 0.15) is 16.8 Å². The van der Waals surface area contributed by atoms with Crippen molar-refractivity contribution >= 4 is 11.8 Å². The first-order valence-corrected chi connectivity index (χ1v) is 4.09. The summed E-state index contributed by atoms with van der Waals surface area (Å²) in [7, 11) is 1.12. The minimum Gasteiger partial charge on any atom is -0.469 e. The fourth-order valence-corrected chi connectivity index (χ4v) is 1.01. The number of ether oxygens (including phenoxy) is 1. The van der Waals surface area contributed by atoms with Crippen LogP contribution in [0.2, 0.25) is 0 Å². The average molecular weight is 214 g/mol. The van der Waals surface area contributed by atoms with Crippen molar-refractivity contribution in [2.24, 2.45) is 0 Å². The van der Waals surface area contributed by atoms with E-state index in [9.17, 15) is 18.4 Å². The van der Waals surface area contributed by atoms with E-state index < -0.39 is 29.8 Å². The van der Waals surface area contributed by atoms with Gasteiger partial charge >= 0.3 is 5.97 Å². The SMILES string of the molecule is COC(=O)CC(=O)c1ccc(F)cc1F. The summed E-state index contributed by atoms with van der Waals surface area (Å²) < 4.78 is 29.8. The molecule has 1 aromatic carbocycles. The highest BCUT2D eigenvalue weighted by molar-refractivity contribution is 6.06. The number of Topliss-reactive ketones (excluding diaryl/α,β-unsaturated/α-hetero) is 1. The lowest BCUT2D eigenvalue weighted by atomic mass is 10.1. The zero-order valence-corrected chi connectivity index (χ0v) is 7.92. The van der Waals surface area contributed by atoms with Crippen molar-refractivity contribution in [3.05, 3.63) is 35.4 Å². The van der Waals surface area contributed by atoms with E-state index in [0.29, 0.717) is 6.07 Å². The van der Waals surface area contributed by atoms with Gasteiger partial charge in [0, 0.05) is 6.07 Å². The summed E-state index contributed by atoms with van der Waals surface area (Å²) in [6, 6.07) is 2.54. The molecule has 0 saturated heterocycles. The summed E-state index contributed by atoms with van der Waals surface area (Å²) in [5, 5.41) is 0. The summed E-state index contributed by atoms with van der Waals surface area (Å²) in [5.41, 5.74) is -0.318. The van der Waals surface area contributed by atoms with Gasteiger partial charge in [-0.1, -0.05) is 0 Å². The van der Waals surface area contributed by atoms with Crippen LogP contribution < -0.4 is 0 Å². The van der Waals surface area contributed by atoms with E-state index in [1.54, 1.807) is 0 Å². The first-order valence-electron chi connectivity index (χ1n) is 4.09. The van der Waals surface area contributed by atoms with Gasteiger partial charge in [0.2, 0.25) is 0 Å². The third kappa shape index (κ3) is 2.83. The predicted octanol–water partition coefficient (Wildman–Crippen LogP) is 1.71. The van der Waals surface area contributed by atoms with E-state index in [1.807, 2.05) is 0 Å². The molecule has 0 saturated carbocycles. The first-order chi connectivity index (χ1) is 7.04. The molecule has 0 spiro atoms. The summed E-state index contributed by atoms with van der Waals surface area (Å²) in [5.74, 6) is -3.26. The molecule has 15 heavy (non-hydrogen) atoms. The molecule has 0 N–H and O–H groups in total. The van der Waals surface area contributed by atoms with Gasteiger partial charge in [-0.2, -0.15) is 0 Å². The highest BCUT2D eigenvalue weighted by Crippen LogP contribution is 2.11. The normalized spacial score (nSPS) is 9.80. The Morgan fingerprint density at radius 2 is 2.00 bits per heavy atom. The molecule has 1 rings (SSSR count). The monoisotopic (exact) mass is 214 g/mol. The maximum absolute atomic E-state index is 13.0. The number of hydrogen-bond acceptors (Lipinski definition) is 3. The van der Waals surface area contributed by atoms with Crippen molar-refractivity contribution in [2.75, 3.05) is 7.11 Å². The number of halogens is 2. The van der Waals surface area contributed by atoms with Crippen LogP contribution in [-0.4, -0.2) is 18.9 Å². The van der Waals surface area contributed by atoms with Gasteiger partial charge in [0.1, 0.15) is 18.1 Å². The quantitative estimate of drug-likeness (QED) is 0.437. The van der Waals surface area contributed by atoms with Crippen molar-refractivity contribution in [1.29, 1.82) is 0 Å². The molecule has 80 valence electrons. The second-order valence-electron chi connectivity index (χ2n) is 2.80. The average Bonchev–Trinajstić information content (AvgIpc) is 2.17. The van der Waals surface area contributed by atoms with Gasteiger partial charge in [0.05, 0.1) is 12.7 Å². The molecular weight excluding hydrogens is 206 g/mol. The van der Waals surface area contributed by atoms with Gasteiger partial charge in [-0.3, -0.25) is 9.59 Å². The van der Waals surface area contributed by atoms with Gasteiger partial charge in [-0.25, -0.2) is 8.78 Å². The van der Waals surface area contributed by atoms with Gasteiger partial charge in [-0.15, -0.1) is 0 Å². The smallest absolute Gasteiger partial charge is 0.313 e. The van der Waals surface area contributed by atoms with Crippen molar-refractivity contribution in [3.63, 3.8) is 0 Å². The summed E-state index contributed by atoms with van der Waals surface area (Å²) in [6.45, 7) is 0. The van der Waals surface area contributed by atoms with Crippen LogP contribution in [0, 0.1) is 11.6 Å². The number of carbonyl (C=O) groups is 2. The summed E-state index contributed by atoms with van der Waals surface area (Å²) in [6.07, 6.45) is -0.556. The molecule has 0 amide bonds. The van der Waals surface area contributed by atoms with Gasteiger partial charge in [-0.05, 0) is 12.1 Å². The van der Waals surface area contributed by atoms with E-state index in [0.717, 1.165) is 19.2 Å². The molecule has 0 heterocycles. The Hall–Kier alpha value is -1.78. The number of rotatable bonds is 3.